The van der Waals surface area contributed by atoms with Gasteiger partial charge in [0, 0.05) is 6.21 Å². The lowest BCUT2D eigenvalue weighted by molar-refractivity contribution is 0.409. The van der Waals surface area contributed by atoms with Crippen LogP contribution in [-0.2, 0) is 0 Å². The van der Waals surface area contributed by atoms with Crippen molar-refractivity contribution in [3.05, 3.63) is 56.5 Å². The molecule has 0 aromatic heterocycles. The van der Waals surface area contributed by atoms with Gasteiger partial charge in [0.15, 0.2) is 0 Å². The first-order chi connectivity index (χ1) is 9.11. The first kappa shape index (κ1) is 14.3. The molecule has 0 saturated carbocycles. The first-order valence-electron chi connectivity index (χ1n) is 5.74. The number of halogens is 2. The maximum absolute atomic E-state index is 5.27. The minimum atomic E-state index is 0.785. The Balaban J connectivity index is 2.32. The Labute approximate surface area is 129 Å². The standard InChI is InChI=1S/C15H13Br2NO/c1-10-5-3-4-6-14(10)18-9-11-7-12(16)15(19-2)13(17)8-11/h3-9H,1-2H3. The predicted molar refractivity (Wildman–Crippen MR) is 86.8 cm³/mol. The first-order valence-corrected chi connectivity index (χ1v) is 7.33. The fourth-order valence-corrected chi connectivity index (χ4v) is 3.25. The van der Waals surface area contributed by atoms with Gasteiger partial charge in [0.2, 0.25) is 0 Å². The van der Waals surface area contributed by atoms with Gasteiger partial charge in [-0.3, -0.25) is 4.99 Å². The number of aryl methyl sites for hydroxylation is 1. The van der Waals surface area contributed by atoms with E-state index in [1.54, 1.807) is 7.11 Å². The minimum Gasteiger partial charge on any atom is -0.494 e. The number of ether oxygens (including phenoxy) is 1. The molecule has 0 aliphatic carbocycles. The Hall–Kier alpha value is -1.13. The molecule has 98 valence electrons. The van der Waals surface area contributed by atoms with Gasteiger partial charge in [-0.2, -0.15) is 0 Å². The number of rotatable bonds is 3. The van der Waals surface area contributed by atoms with E-state index in [1.807, 2.05) is 49.5 Å². The topological polar surface area (TPSA) is 21.6 Å². The summed E-state index contributed by atoms with van der Waals surface area (Å²) in [5, 5.41) is 0. The lowest BCUT2D eigenvalue weighted by Crippen LogP contribution is -1.89. The van der Waals surface area contributed by atoms with Gasteiger partial charge in [-0.15, -0.1) is 0 Å². The van der Waals surface area contributed by atoms with Crippen LogP contribution in [0.1, 0.15) is 11.1 Å². The van der Waals surface area contributed by atoms with E-state index in [0.29, 0.717) is 0 Å². The second kappa shape index (κ2) is 6.35. The van der Waals surface area contributed by atoms with Crippen molar-refractivity contribution in [3.8, 4) is 5.75 Å². The monoisotopic (exact) mass is 381 g/mol. The second-order valence-electron chi connectivity index (χ2n) is 4.06. The third kappa shape index (κ3) is 3.45. The van der Waals surface area contributed by atoms with Crippen LogP contribution in [0.2, 0.25) is 0 Å². The molecule has 2 rings (SSSR count). The highest BCUT2D eigenvalue weighted by molar-refractivity contribution is 9.11. The molecule has 0 aliphatic rings. The lowest BCUT2D eigenvalue weighted by Gasteiger charge is -2.07. The van der Waals surface area contributed by atoms with Crippen molar-refractivity contribution in [1.82, 2.24) is 0 Å². The van der Waals surface area contributed by atoms with Gasteiger partial charge in [-0.1, -0.05) is 18.2 Å². The van der Waals surface area contributed by atoms with E-state index >= 15 is 0 Å². The van der Waals surface area contributed by atoms with Crippen molar-refractivity contribution < 1.29 is 4.74 Å². The molecule has 0 amide bonds. The van der Waals surface area contributed by atoms with Crippen molar-refractivity contribution >= 4 is 43.8 Å². The number of hydrogen-bond donors (Lipinski definition) is 0. The third-order valence-electron chi connectivity index (χ3n) is 2.69. The van der Waals surface area contributed by atoms with Crippen LogP contribution >= 0.6 is 31.9 Å². The summed E-state index contributed by atoms with van der Waals surface area (Å²) in [5.74, 6) is 0.785. The maximum Gasteiger partial charge on any atom is 0.147 e. The van der Waals surface area contributed by atoms with Crippen LogP contribution in [0.25, 0.3) is 0 Å². The molecule has 0 atom stereocenters. The lowest BCUT2D eigenvalue weighted by atomic mass is 10.2. The van der Waals surface area contributed by atoms with Gasteiger partial charge >= 0.3 is 0 Å². The van der Waals surface area contributed by atoms with Crippen LogP contribution < -0.4 is 4.74 Å². The van der Waals surface area contributed by atoms with E-state index in [-0.39, 0.29) is 0 Å². The average Bonchev–Trinajstić information content (AvgIpc) is 2.37. The van der Waals surface area contributed by atoms with Crippen LogP contribution in [0.5, 0.6) is 5.75 Å². The number of para-hydroxylation sites is 1. The zero-order valence-corrected chi connectivity index (χ0v) is 13.8. The van der Waals surface area contributed by atoms with Crippen LogP contribution in [0.4, 0.5) is 5.69 Å². The van der Waals surface area contributed by atoms with Gasteiger partial charge in [0.25, 0.3) is 0 Å². The Kier molecular flexibility index (Phi) is 4.77. The Morgan fingerprint density at radius 3 is 2.32 bits per heavy atom. The van der Waals surface area contributed by atoms with Gasteiger partial charge in [0.1, 0.15) is 5.75 Å². The number of hydrogen-bond acceptors (Lipinski definition) is 2. The summed E-state index contributed by atoms with van der Waals surface area (Å²) >= 11 is 6.96. The number of methoxy groups -OCH3 is 1. The molecule has 0 heterocycles. The predicted octanol–water partition coefficient (Wildman–Crippen LogP) is 5.28. The Morgan fingerprint density at radius 2 is 1.74 bits per heavy atom. The minimum absolute atomic E-state index is 0.785. The second-order valence-corrected chi connectivity index (χ2v) is 5.77. The summed E-state index contributed by atoms with van der Waals surface area (Å²) in [6, 6.07) is 12.0. The summed E-state index contributed by atoms with van der Waals surface area (Å²) in [7, 11) is 1.64. The van der Waals surface area contributed by atoms with E-state index in [9.17, 15) is 0 Å². The van der Waals surface area contributed by atoms with E-state index < -0.39 is 0 Å². The molecule has 0 aliphatic heterocycles. The summed E-state index contributed by atoms with van der Waals surface area (Å²) in [6.07, 6.45) is 1.84. The van der Waals surface area contributed by atoms with Gasteiger partial charge in [-0.05, 0) is 68.1 Å². The summed E-state index contributed by atoms with van der Waals surface area (Å²) in [5.41, 5.74) is 3.14. The number of nitrogens with zero attached hydrogens (tertiary/aromatic N) is 1. The van der Waals surface area contributed by atoms with E-state index in [0.717, 1.165) is 31.5 Å². The van der Waals surface area contributed by atoms with Gasteiger partial charge < -0.3 is 4.74 Å². The fourth-order valence-electron chi connectivity index (χ4n) is 1.70. The molecule has 0 radical (unpaired) electrons. The molecule has 0 saturated heterocycles. The fraction of sp³-hybridized carbons (Fsp3) is 0.133. The number of aliphatic imine (C=N–C) groups is 1. The smallest absolute Gasteiger partial charge is 0.147 e. The molecule has 0 bridgehead atoms. The van der Waals surface area contributed by atoms with E-state index in [1.165, 1.54) is 0 Å². The Morgan fingerprint density at radius 1 is 1.11 bits per heavy atom. The highest BCUT2D eigenvalue weighted by Gasteiger charge is 2.06. The molecule has 2 nitrogen and oxygen atoms in total. The highest BCUT2D eigenvalue weighted by Crippen LogP contribution is 2.34. The number of benzene rings is 2. The molecule has 0 unspecified atom stereocenters. The molecule has 0 N–H and O–H groups in total. The SMILES string of the molecule is COc1c(Br)cc(C=Nc2ccccc2C)cc1Br. The Bertz CT molecular complexity index is 600. The zero-order chi connectivity index (χ0) is 13.8. The average molecular weight is 383 g/mol. The zero-order valence-electron chi connectivity index (χ0n) is 10.7. The molecule has 19 heavy (non-hydrogen) atoms. The van der Waals surface area contributed by atoms with Crippen LogP contribution in [0.3, 0.4) is 0 Å². The van der Waals surface area contributed by atoms with Crippen LogP contribution in [-0.4, -0.2) is 13.3 Å². The van der Waals surface area contributed by atoms with Crippen LogP contribution in [0, 0.1) is 6.92 Å². The van der Waals surface area contributed by atoms with Crippen molar-refractivity contribution in [3.63, 3.8) is 0 Å². The third-order valence-corrected chi connectivity index (χ3v) is 3.87. The van der Waals surface area contributed by atoms with E-state index in [4.69, 9.17) is 4.74 Å². The maximum atomic E-state index is 5.27. The molecule has 2 aromatic carbocycles. The molecular formula is C15H13Br2NO. The van der Waals surface area contributed by atoms with Crippen molar-refractivity contribution in [2.75, 3.05) is 7.11 Å². The molecule has 2 aromatic rings. The van der Waals surface area contributed by atoms with E-state index in [2.05, 4.69) is 36.9 Å². The molecular weight excluding hydrogens is 370 g/mol. The van der Waals surface area contributed by atoms with Gasteiger partial charge in [-0.25, -0.2) is 0 Å². The highest BCUT2D eigenvalue weighted by atomic mass is 79.9. The molecule has 4 heteroatoms. The largest absolute Gasteiger partial charge is 0.494 e. The van der Waals surface area contributed by atoms with Crippen molar-refractivity contribution in [2.45, 2.75) is 6.92 Å². The van der Waals surface area contributed by atoms with Crippen molar-refractivity contribution in [2.24, 2.45) is 4.99 Å². The normalized spacial score (nSPS) is 10.9. The summed E-state index contributed by atoms with van der Waals surface area (Å²) < 4.78 is 7.07. The summed E-state index contributed by atoms with van der Waals surface area (Å²) in [6.45, 7) is 2.05. The van der Waals surface area contributed by atoms with Crippen molar-refractivity contribution in [1.29, 1.82) is 0 Å². The van der Waals surface area contributed by atoms with Crippen LogP contribution in [0.15, 0.2) is 50.3 Å². The molecule has 0 spiro atoms. The molecule has 0 fully saturated rings. The van der Waals surface area contributed by atoms with Gasteiger partial charge in [0.05, 0.1) is 21.7 Å². The summed E-state index contributed by atoms with van der Waals surface area (Å²) in [4.78, 5) is 4.51. The quantitative estimate of drug-likeness (QED) is 0.661.